The van der Waals surface area contributed by atoms with Gasteiger partial charge >= 0.3 is 0 Å². The van der Waals surface area contributed by atoms with Crippen molar-refractivity contribution >= 4 is 0 Å². The maximum Gasteiger partial charge on any atom is 0.0678 e. The summed E-state index contributed by atoms with van der Waals surface area (Å²) in [6.45, 7) is 6.98. The van der Waals surface area contributed by atoms with Crippen LogP contribution >= 0.6 is 0 Å². The molecule has 0 atom stereocenters. The van der Waals surface area contributed by atoms with E-state index in [0.717, 1.165) is 12.1 Å². The summed E-state index contributed by atoms with van der Waals surface area (Å²) < 4.78 is 2.00. The zero-order valence-electron chi connectivity index (χ0n) is 10.7. The van der Waals surface area contributed by atoms with Crippen molar-refractivity contribution in [3.05, 3.63) is 46.8 Å². The third-order valence-corrected chi connectivity index (χ3v) is 3.11. The minimum Gasteiger partial charge on any atom is -0.330 e. The van der Waals surface area contributed by atoms with Crippen molar-refractivity contribution in [2.45, 2.75) is 27.2 Å². The van der Waals surface area contributed by atoms with Crippen LogP contribution in [0.4, 0.5) is 0 Å². The van der Waals surface area contributed by atoms with E-state index in [1.165, 1.54) is 22.4 Å². The van der Waals surface area contributed by atoms with Gasteiger partial charge in [-0.25, -0.2) is 4.68 Å². The Morgan fingerprint density at radius 2 is 2.00 bits per heavy atom. The van der Waals surface area contributed by atoms with Gasteiger partial charge in [0.05, 0.1) is 11.9 Å². The molecule has 2 N–H and O–H groups in total. The van der Waals surface area contributed by atoms with Crippen LogP contribution in [0, 0.1) is 20.8 Å². The van der Waals surface area contributed by atoms with Gasteiger partial charge in [0, 0.05) is 5.69 Å². The lowest BCUT2D eigenvalue weighted by Gasteiger charge is -2.09. The van der Waals surface area contributed by atoms with E-state index >= 15 is 0 Å². The first kappa shape index (κ1) is 11.9. The molecule has 1 aromatic heterocycles. The van der Waals surface area contributed by atoms with Gasteiger partial charge in [-0.15, -0.1) is 0 Å². The molecule has 2 rings (SSSR count). The predicted octanol–water partition coefficient (Wildman–Crippen LogP) is 2.30. The van der Waals surface area contributed by atoms with Gasteiger partial charge < -0.3 is 5.73 Å². The van der Waals surface area contributed by atoms with Gasteiger partial charge in [-0.2, -0.15) is 5.10 Å². The Balaban J connectivity index is 2.46. The highest BCUT2D eigenvalue weighted by atomic mass is 15.3. The lowest BCUT2D eigenvalue weighted by Crippen LogP contribution is -2.05. The van der Waals surface area contributed by atoms with Crippen LogP contribution in [0.3, 0.4) is 0 Å². The maximum absolute atomic E-state index is 5.59. The van der Waals surface area contributed by atoms with E-state index in [-0.39, 0.29) is 0 Å². The molecule has 0 aliphatic rings. The van der Waals surface area contributed by atoms with Crippen molar-refractivity contribution < 1.29 is 0 Å². The zero-order valence-corrected chi connectivity index (χ0v) is 10.7. The van der Waals surface area contributed by atoms with Crippen LogP contribution in [-0.2, 0) is 6.42 Å². The van der Waals surface area contributed by atoms with E-state index in [2.05, 4.69) is 44.1 Å². The van der Waals surface area contributed by atoms with E-state index in [9.17, 15) is 0 Å². The van der Waals surface area contributed by atoms with E-state index in [0.29, 0.717) is 6.54 Å². The van der Waals surface area contributed by atoms with Crippen LogP contribution in [0.2, 0.25) is 0 Å². The molecule has 3 heteroatoms. The average molecular weight is 229 g/mol. The normalized spacial score (nSPS) is 10.8. The third-order valence-electron chi connectivity index (χ3n) is 3.11. The highest BCUT2D eigenvalue weighted by Gasteiger charge is 2.09. The van der Waals surface area contributed by atoms with Gasteiger partial charge in [-0.1, -0.05) is 17.7 Å². The van der Waals surface area contributed by atoms with E-state index in [1.54, 1.807) is 0 Å². The van der Waals surface area contributed by atoms with Crippen LogP contribution in [0.1, 0.15) is 22.4 Å². The summed E-state index contributed by atoms with van der Waals surface area (Å²) in [6.07, 6.45) is 2.80. The molecule has 0 aliphatic carbocycles. The predicted molar refractivity (Wildman–Crippen MR) is 70.5 cm³/mol. The number of benzene rings is 1. The van der Waals surface area contributed by atoms with Crippen molar-refractivity contribution in [1.82, 2.24) is 9.78 Å². The fraction of sp³-hybridized carbons (Fsp3) is 0.357. The lowest BCUT2D eigenvalue weighted by molar-refractivity contribution is 0.834. The van der Waals surface area contributed by atoms with E-state index in [1.807, 2.05) is 10.9 Å². The molecule has 0 saturated heterocycles. The number of hydrogen-bond acceptors (Lipinski definition) is 2. The second-order valence-electron chi connectivity index (χ2n) is 4.50. The van der Waals surface area contributed by atoms with E-state index < -0.39 is 0 Å². The first-order valence-electron chi connectivity index (χ1n) is 5.94. The smallest absolute Gasteiger partial charge is 0.0678 e. The number of aromatic nitrogens is 2. The molecular formula is C14H19N3. The van der Waals surface area contributed by atoms with Crippen LogP contribution in [0.15, 0.2) is 24.4 Å². The van der Waals surface area contributed by atoms with Crippen LogP contribution in [0.25, 0.3) is 5.69 Å². The summed E-state index contributed by atoms with van der Waals surface area (Å²) in [5, 5.41) is 4.46. The standard InChI is InChI=1S/C14H19N3/c1-10-4-5-14(11(2)8-10)17-12(3)13(6-7-15)9-16-17/h4-5,8-9H,6-7,15H2,1-3H3. The SMILES string of the molecule is Cc1ccc(-n2ncc(CCN)c2C)c(C)c1. The van der Waals surface area contributed by atoms with Gasteiger partial charge in [-0.3, -0.25) is 0 Å². The molecule has 90 valence electrons. The van der Waals surface area contributed by atoms with Crippen molar-refractivity contribution in [2.75, 3.05) is 6.54 Å². The van der Waals surface area contributed by atoms with Crippen molar-refractivity contribution in [1.29, 1.82) is 0 Å². The fourth-order valence-electron chi connectivity index (χ4n) is 2.13. The molecule has 0 bridgehead atoms. The molecule has 0 radical (unpaired) electrons. The quantitative estimate of drug-likeness (QED) is 0.877. The molecular weight excluding hydrogens is 210 g/mol. The maximum atomic E-state index is 5.59. The van der Waals surface area contributed by atoms with Gasteiger partial charge in [0.25, 0.3) is 0 Å². The van der Waals surface area contributed by atoms with Crippen LogP contribution < -0.4 is 5.73 Å². The van der Waals surface area contributed by atoms with Crippen LogP contribution in [-0.4, -0.2) is 16.3 Å². The summed E-state index contributed by atoms with van der Waals surface area (Å²) in [7, 11) is 0. The monoisotopic (exact) mass is 229 g/mol. The fourth-order valence-corrected chi connectivity index (χ4v) is 2.13. The minimum absolute atomic E-state index is 0.666. The summed E-state index contributed by atoms with van der Waals surface area (Å²) in [6, 6.07) is 6.42. The lowest BCUT2D eigenvalue weighted by atomic mass is 10.1. The van der Waals surface area contributed by atoms with E-state index in [4.69, 9.17) is 5.73 Å². The van der Waals surface area contributed by atoms with Gasteiger partial charge in [-0.05, 0) is 50.9 Å². The summed E-state index contributed by atoms with van der Waals surface area (Å²) in [5.41, 5.74) is 11.7. The Hall–Kier alpha value is -1.61. The second kappa shape index (κ2) is 4.72. The van der Waals surface area contributed by atoms with Crippen molar-refractivity contribution in [2.24, 2.45) is 5.73 Å². The van der Waals surface area contributed by atoms with Crippen molar-refractivity contribution in [3.63, 3.8) is 0 Å². The molecule has 3 nitrogen and oxygen atoms in total. The molecule has 1 aromatic carbocycles. The molecule has 0 saturated carbocycles. The first-order chi connectivity index (χ1) is 8.13. The number of hydrogen-bond donors (Lipinski definition) is 1. The largest absolute Gasteiger partial charge is 0.330 e. The molecule has 2 aromatic rings. The van der Waals surface area contributed by atoms with Gasteiger partial charge in [0.2, 0.25) is 0 Å². The highest BCUT2D eigenvalue weighted by Crippen LogP contribution is 2.18. The Labute approximate surface area is 102 Å². The Morgan fingerprint density at radius 3 is 2.65 bits per heavy atom. The molecule has 0 unspecified atom stereocenters. The molecule has 0 amide bonds. The van der Waals surface area contributed by atoms with Gasteiger partial charge in [0.1, 0.15) is 0 Å². The highest BCUT2D eigenvalue weighted by molar-refractivity contribution is 5.43. The number of rotatable bonds is 3. The van der Waals surface area contributed by atoms with Crippen LogP contribution in [0.5, 0.6) is 0 Å². The topological polar surface area (TPSA) is 43.8 Å². The molecule has 0 aliphatic heterocycles. The molecule has 0 spiro atoms. The molecule has 0 fully saturated rings. The van der Waals surface area contributed by atoms with Gasteiger partial charge in [0.15, 0.2) is 0 Å². The Morgan fingerprint density at radius 1 is 1.24 bits per heavy atom. The van der Waals surface area contributed by atoms with Crippen molar-refractivity contribution in [3.8, 4) is 5.69 Å². The Bertz CT molecular complexity index is 526. The summed E-state index contributed by atoms with van der Waals surface area (Å²) in [4.78, 5) is 0. The third kappa shape index (κ3) is 2.24. The minimum atomic E-state index is 0.666. The summed E-state index contributed by atoms with van der Waals surface area (Å²) in [5.74, 6) is 0. The molecule has 1 heterocycles. The zero-order chi connectivity index (χ0) is 12.4. The number of nitrogens with zero attached hydrogens (tertiary/aromatic N) is 2. The average Bonchev–Trinajstić information content (AvgIpc) is 2.62. The Kier molecular flexibility index (Phi) is 3.29. The molecule has 17 heavy (non-hydrogen) atoms. The second-order valence-corrected chi connectivity index (χ2v) is 4.50. The number of nitrogens with two attached hydrogens (primary N) is 1. The summed E-state index contributed by atoms with van der Waals surface area (Å²) >= 11 is 0. The number of aryl methyl sites for hydroxylation is 2. The first-order valence-corrected chi connectivity index (χ1v) is 5.94.